The zero-order valence-corrected chi connectivity index (χ0v) is 15.8. The van der Waals surface area contributed by atoms with Gasteiger partial charge in [0.15, 0.2) is 11.6 Å². The van der Waals surface area contributed by atoms with Crippen molar-refractivity contribution in [3.05, 3.63) is 33.1 Å². The molecule has 0 radical (unpaired) electrons. The molecule has 0 N–H and O–H groups in total. The first kappa shape index (κ1) is 19.2. The molecule has 0 heterocycles. The van der Waals surface area contributed by atoms with E-state index in [0.717, 1.165) is 0 Å². The maximum atomic E-state index is 14.2. The molecule has 1 fully saturated rings. The van der Waals surface area contributed by atoms with E-state index in [-0.39, 0.29) is 26.8 Å². The summed E-state index contributed by atoms with van der Waals surface area (Å²) < 4.78 is 51.8. The molecule has 0 amide bonds. The van der Waals surface area contributed by atoms with E-state index in [1.165, 1.54) is 7.11 Å². The first-order valence-corrected chi connectivity index (χ1v) is 8.27. The van der Waals surface area contributed by atoms with Crippen molar-refractivity contribution in [3.8, 4) is 0 Å². The average Bonchev–Trinajstić information content (AvgIpc) is 2.91. The lowest BCUT2D eigenvalue weighted by Crippen LogP contribution is -2.14. The molecular weight excluding hydrogens is 389 g/mol. The van der Waals surface area contributed by atoms with E-state index >= 15 is 0 Å². The van der Waals surface area contributed by atoms with Gasteiger partial charge in [-0.05, 0) is 26.8 Å². The highest BCUT2D eigenvalue weighted by Gasteiger charge is 2.69. The number of methoxy groups -OCH3 is 1. The van der Waals surface area contributed by atoms with Crippen LogP contribution in [0.25, 0.3) is 0 Å². The standard InChI is InChI=1S/C17H20BrF3O3/c1-16(2)14(17(16,3)4)15(22)24-7-8-10(18)11(19)9(6-23-5)13(21)12(8)20/h14H,6-7H2,1-5H3. The van der Waals surface area contributed by atoms with Crippen LogP contribution < -0.4 is 0 Å². The van der Waals surface area contributed by atoms with Crippen LogP contribution in [0.4, 0.5) is 13.2 Å². The van der Waals surface area contributed by atoms with Crippen LogP contribution in [0.5, 0.6) is 0 Å². The number of carbonyl (C=O) groups excluding carboxylic acids is 1. The molecule has 2 rings (SSSR count). The molecule has 1 aromatic carbocycles. The van der Waals surface area contributed by atoms with Crippen LogP contribution in [0.15, 0.2) is 4.47 Å². The van der Waals surface area contributed by atoms with Crippen molar-refractivity contribution in [2.45, 2.75) is 40.9 Å². The monoisotopic (exact) mass is 408 g/mol. The minimum absolute atomic E-state index is 0.237. The number of hydrogen-bond donors (Lipinski definition) is 0. The lowest BCUT2D eigenvalue weighted by Gasteiger charge is -2.13. The Bertz CT molecular complexity index is 643. The van der Waals surface area contributed by atoms with E-state index in [9.17, 15) is 18.0 Å². The molecule has 0 aromatic heterocycles. The molecule has 24 heavy (non-hydrogen) atoms. The number of benzene rings is 1. The van der Waals surface area contributed by atoms with Crippen molar-refractivity contribution in [3.63, 3.8) is 0 Å². The highest BCUT2D eigenvalue weighted by Crippen LogP contribution is 2.68. The Hall–Kier alpha value is -1.08. The molecule has 3 nitrogen and oxygen atoms in total. The summed E-state index contributed by atoms with van der Waals surface area (Å²) in [5.74, 6) is -4.39. The van der Waals surface area contributed by atoms with Crippen LogP contribution in [0.1, 0.15) is 38.8 Å². The first-order valence-electron chi connectivity index (χ1n) is 7.47. The van der Waals surface area contributed by atoms with Gasteiger partial charge in [-0.3, -0.25) is 4.79 Å². The predicted molar refractivity (Wildman–Crippen MR) is 85.6 cm³/mol. The number of esters is 1. The normalized spacial score (nSPS) is 18.5. The summed E-state index contributed by atoms with van der Waals surface area (Å²) in [4.78, 5) is 12.2. The zero-order valence-electron chi connectivity index (χ0n) is 14.2. The minimum atomic E-state index is -1.34. The van der Waals surface area contributed by atoms with Gasteiger partial charge in [0.05, 0.1) is 22.6 Å². The van der Waals surface area contributed by atoms with Crippen molar-refractivity contribution >= 4 is 21.9 Å². The Morgan fingerprint density at radius 2 is 1.50 bits per heavy atom. The second-order valence-electron chi connectivity index (χ2n) is 7.13. The van der Waals surface area contributed by atoms with Gasteiger partial charge in [-0.25, -0.2) is 13.2 Å². The largest absolute Gasteiger partial charge is 0.460 e. The molecule has 7 heteroatoms. The summed E-state index contributed by atoms with van der Waals surface area (Å²) in [6, 6.07) is 0. The van der Waals surface area contributed by atoms with Crippen LogP contribution in [-0.2, 0) is 27.5 Å². The second-order valence-corrected chi connectivity index (χ2v) is 7.92. The first-order chi connectivity index (χ1) is 11.0. The van der Waals surface area contributed by atoms with Crippen LogP contribution in [0, 0.1) is 34.2 Å². The molecule has 1 saturated carbocycles. The fourth-order valence-electron chi connectivity index (χ4n) is 3.13. The smallest absolute Gasteiger partial charge is 0.310 e. The fourth-order valence-corrected chi connectivity index (χ4v) is 3.66. The summed E-state index contributed by atoms with van der Waals surface area (Å²) in [6.45, 7) is 6.80. The van der Waals surface area contributed by atoms with Gasteiger partial charge < -0.3 is 9.47 Å². The molecule has 0 saturated heterocycles. The van der Waals surface area contributed by atoms with E-state index in [1.807, 2.05) is 27.7 Å². The molecule has 1 aromatic rings. The number of rotatable bonds is 5. The Morgan fingerprint density at radius 3 is 1.96 bits per heavy atom. The number of halogens is 4. The van der Waals surface area contributed by atoms with E-state index in [4.69, 9.17) is 4.74 Å². The lowest BCUT2D eigenvalue weighted by molar-refractivity contribution is -0.148. The molecule has 134 valence electrons. The van der Waals surface area contributed by atoms with Crippen LogP contribution >= 0.6 is 15.9 Å². The number of ether oxygens (including phenoxy) is 2. The minimum Gasteiger partial charge on any atom is -0.460 e. The summed E-state index contributed by atoms with van der Waals surface area (Å²) >= 11 is 2.91. The molecule has 0 aliphatic heterocycles. The van der Waals surface area contributed by atoms with Gasteiger partial charge in [-0.1, -0.05) is 27.7 Å². The molecule has 0 unspecified atom stereocenters. The second kappa shape index (κ2) is 6.33. The van der Waals surface area contributed by atoms with E-state index in [2.05, 4.69) is 20.7 Å². The SMILES string of the molecule is COCc1c(F)c(F)c(COC(=O)C2C(C)(C)C2(C)C)c(Br)c1F. The Balaban J connectivity index is 2.21. The van der Waals surface area contributed by atoms with Crippen LogP contribution in [0.2, 0.25) is 0 Å². The highest BCUT2D eigenvalue weighted by atomic mass is 79.9. The highest BCUT2D eigenvalue weighted by molar-refractivity contribution is 9.10. The fraction of sp³-hybridized carbons (Fsp3) is 0.588. The topological polar surface area (TPSA) is 35.5 Å². The van der Waals surface area contributed by atoms with Gasteiger partial charge in [0, 0.05) is 12.7 Å². The van der Waals surface area contributed by atoms with Gasteiger partial charge in [0.2, 0.25) is 0 Å². The third-order valence-electron chi connectivity index (χ3n) is 5.35. The summed E-state index contributed by atoms with van der Waals surface area (Å²) in [7, 11) is 1.25. The molecule has 0 atom stereocenters. The van der Waals surface area contributed by atoms with E-state index in [0.29, 0.717) is 0 Å². The average molecular weight is 409 g/mol. The summed E-state index contributed by atoms with van der Waals surface area (Å²) in [5.41, 5.74) is -1.35. The van der Waals surface area contributed by atoms with E-state index < -0.39 is 42.2 Å². The summed E-state index contributed by atoms with van der Waals surface area (Å²) in [6.07, 6.45) is 0. The van der Waals surface area contributed by atoms with E-state index in [1.54, 1.807) is 0 Å². The van der Waals surface area contributed by atoms with Crippen LogP contribution in [-0.4, -0.2) is 13.1 Å². The predicted octanol–water partition coefficient (Wildman–Crippen LogP) is 4.74. The van der Waals surface area contributed by atoms with Gasteiger partial charge >= 0.3 is 5.97 Å². The van der Waals surface area contributed by atoms with Crippen molar-refractivity contribution in [2.75, 3.05) is 7.11 Å². The van der Waals surface area contributed by atoms with Crippen molar-refractivity contribution < 1.29 is 27.4 Å². The number of carbonyl (C=O) groups is 1. The third kappa shape index (κ3) is 2.86. The van der Waals surface area contributed by atoms with Crippen molar-refractivity contribution in [1.29, 1.82) is 0 Å². The van der Waals surface area contributed by atoms with Crippen molar-refractivity contribution in [2.24, 2.45) is 16.7 Å². The molecule has 1 aliphatic rings. The van der Waals surface area contributed by atoms with Gasteiger partial charge in [0.1, 0.15) is 12.4 Å². The Morgan fingerprint density at radius 1 is 1.00 bits per heavy atom. The van der Waals surface area contributed by atoms with Crippen LogP contribution in [0.3, 0.4) is 0 Å². The van der Waals surface area contributed by atoms with Gasteiger partial charge in [-0.15, -0.1) is 0 Å². The molecule has 0 spiro atoms. The Kier molecular flexibility index (Phi) is 5.08. The third-order valence-corrected chi connectivity index (χ3v) is 6.18. The molecular formula is C17H20BrF3O3. The maximum Gasteiger partial charge on any atom is 0.310 e. The van der Waals surface area contributed by atoms with Gasteiger partial charge in [-0.2, -0.15) is 0 Å². The van der Waals surface area contributed by atoms with Gasteiger partial charge in [0.25, 0.3) is 0 Å². The number of hydrogen-bond acceptors (Lipinski definition) is 3. The lowest BCUT2D eigenvalue weighted by atomic mass is 10.0. The molecule has 1 aliphatic carbocycles. The maximum absolute atomic E-state index is 14.2. The molecule has 0 bridgehead atoms. The summed E-state index contributed by atoms with van der Waals surface area (Å²) in [5, 5.41) is 0. The Labute approximate surface area is 147 Å². The zero-order chi connectivity index (χ0) is 18.4. The van der Waals surface area contributed by atoms with Crippen molar-refractivity contribution in [1.82, 2.24) is 0 Å². The quantitative estimate of drug-likeness (QED) is 0.521.